The van der Waals surface area contributed by atoms with Crippen molar-refractivity contribution in [2.45, 2.75) is 50.2 Å². The Morgan fingerprint density at radius 1 is 0.889 bits per heavy atom. The molecule has 2 fully saturated rings. The molecule has 4 heterocycles. The Morgan fingerprint density at radius 3 is 1.82 bits per heavy atom. The highest BCUT2D eigenvalue weighted by Crippen LogP contribution is 2.34. The summed E-state index contributed by atoms with van der Waals surface area (Å²) in [7, 11) is 1.85. The predicted molar refractivity (Wildman–Crippen MR) is 132 cm³/mol. The summed E-state index contributed by atoms with van der Waals surface area (Å²) in [5.41, 5.74) is 1.29. The first-order chi connectivity index (χ1) is 20.7. The number of halogens is 9. The molecular weight excluding hydrogens is 641 g/mol. The number of methoxy groups -OCH3 is 1. The van der Waals surface area contributed by atoms with Gasteiger partial charge >= 0.3 is 36.4 Å². The fraction of sp³-hybridized carbons (Fsp3) is 0.520. The standard InChI is InChI=1S/C19H25N3O2.3C2HF3O2/c1-23-19-6-8-22(11-15-4-2-7-20-10-15)18-14-21(13-17(18)19)12-16-5-3-9-24-16;3*3-2(4,5)1(6)7/h2-5,7,9-10,17-19H,6,8,11-14H2,1H3;3*(H,6,7)/t17-,18+,19+;;;/m0.../s1. The Balaban J connectivity index is 0.000000396. The second kappa shape index (κ2) is 17.0. The van der Waals surface area contributed by atoms with Gasteiger partial charge in [0.2, 0.25) is 0 Å². The third-order valence-corrected chi connectivity index (χ3v) is 6.15. The highest BCUT2D eigenvalue weighted by atomic mass is 19.4. The molecule has 0 spiro atoms. The minimum absolute atomic E-state index is 0.363. The lowest BCUT2D eigenvalue weighted by atomic mass is 9.88. The first-order valence-corrected chi connectivity index (χ1v) is 12.5. The fourth-order valence-electron chi connectivity index (χ4n) is 4.29. The van der Waals surface area contributed by atoms with E-state index in [1.54, 1.807) is 6.26 Å². The molecule has 4 rings (SSSR count). The number of aliphatic carboxylic acids is 3. The topological polar surface area (TPSA) is 154 Å². The molecule has 0 saturated carbocycles. The van der Waals surface area contributed by atoms with Crippen molar-refractivity contribution in [1.82, 2.24) is 14.8 Å². The van der Waals surface area contributed by atoms with Gasteiger partial charge in [-0.3, -0.25) is 14.8 Å². The van der Waals surface area contributed by atoms with Gasteiger partial charge in [-0.2, -0.15) is 39.5 Å². The van der Waals surface area contributed by atoms with E-state index in [1.807, 2.05) is 31.6 Å². The molecule has 3 N–H and O–H groups in total. The number of ether oxygens (including phenoxy) is 1. The number of alkyl halides is 9. The Morgan fingerprint density at radius 2 is 1.42 bits per heavy atom. The number of rotatable bonds is 5. The number of carbonyl (C=O) groups is 3. The second-order valence-corrected chi connectivity index (χ2v) is 9.31. The molecule has 3 atom stereocenters. The number of furan rings is 1. The van der Waals surface area contributed by atoms with E-state index < -0.39 is 36.4 Å². The SMILES string of the molecule is CO[C@@H]1CCN(Cc2cccnc2)[C@@H]2CN(Cc3ccco3)C[C@@H]21.O=C(O)C(F)(F)F.O=C(O)C(F)(F)F.O=C(O)C(F)(F)F. The first kappa shape index (κ1) is 39.1. The van der Waals surface area contributed by atoms with E-state index in [9.17, 15) is 39.5 Å². The Hall–Kier alpha value is -3.91. The maximum Gasteiger partial charge on any atom is 0.490 e. The zero-order valence-corrected chi connectivity index (χ0v) is 23.1. The Labute approximate surface area is 248 Å². The van der Waals surface area contributed by atoms with Crippen molar-refractivity contribution in [3.63, 3.8) is 0 Å². The summed E-state index contributed by atoms with van der Waals surface area (Å²) >= 11 is 0. The van der Waals surface area contributed by atoms with Gasteiger partial charge in [-0.1, -0.05) is 6.07 Å². The van der Waals surface area contributed by atoms with Crippen LogP contribution in [0.3, 0.4) is 0 Å². The van der Waals surface area contributed by atoms with Gasteiger partial charge in [0.1, 0.15) is 5.76 Å². The van der Waals surface area contributed by atoms with Gasteiger partial charge in [-0.05, 0) is 30.2 Å². The van der Waals surface area contributed by atoms with E-state index in [4.69, 9.17) is 38.9 Å². The second-order valence-electron chi connectivity index (χ2n) is 9.31. The third-order valence-electron chi connectivity index (χ3n) is 6.15. The summed E-state index contributed by atoms with van der Waals surface area (Å²) < 4.78 is 107. The summed E-state index contributed by atoms with van der Waals surface area (Å²) in [6.45, 7) is 5.10. The Kier molecular flexibility index (Phi) is 14.7. The molecule has 2 aliphatic heterocycles. The molecule has 0 amide bonds. The van der Waals surface area contributed by atoms with E-state index in [1.165, 1.54) is 5.56 Å². The van der Waals surface area contributed by atoms with E-state index in [0.717, 1.165) is 44.9 Å². The van der Waals surface area contributed by atoms with Crippen LogP contribution in [0.2, 0.25) is 0 Å². The fourth-order valence-corrected chi connectivity index (χ4v) is 4.29. The number of nitrogens with zero attached hydrogens (tertiary/aromatic N) is 3. The van der Waals surface area contributed by atoms with Crippen molar-refractivity contribution in [3.05, 3.63) is 54.2 Å². The molecule has 0 aliphatic carbocycles. The monoisotopic (exact) mass is 669 g/mol. The predicted octanol–water partition coefficient (Wildman–Crippen LogP) is 4.30. The van der Waals surface area contributed by atoms with Crippen molar-refractivity contribution in [1.29, 1.82) is 0 Å². The lowest BCUT2D eigenvalue weighted by Crippen LogP contribution is -2.50. The number of piperidine rings is 1. The first-order valence-electron chi connectivity index (χ1n) is 12.5. The highest BCUT2D eigenvalue weighted by molar-refractivity contribution is 5.73. The zero-order chi connectivity index (χ0) is 34.6. The number of hydrogen-bond donors (Lipinski definition) is 3. The van der Waals surface area contributed by atoms with Crippen LogP contribution >= 0.6 is 0 Å². The number of aromatic nitrogens is 1. The maximum absolute atomic E-state index is 10.6. The van der Waals surface area contributed by atoms with Gasteiger partial charge in [-0.15, -0.1) is 0 Å². The summed E-state index contributed by atoms with van der Waals surface area (Å²) in [5, 5.41) is 21.4. The molecular formula is C25H28F9N3O8. The van der Waals surface area contributed by atoms with Crippen molar-refractivity contribution >= 4 is 17.9 Å². The van der Waals surface area contributed by atoms with Crippen LogP contribution < -0.4 is 0 Å². The van der Waals surface area contributed by atoms with E-state index in [-0.39, 0.29) is 0 Å². The lowest BCUT2D eigenvalue weighted by Gasteiger charge is -2.41. The molecule has 254 valence electrons. The smallest absolute Gasteiger partial charge is 0.475 e. The van der Waals surface area contributed by atoms with E-state index in [2.05, 4.69) is 26.9 Å². The van der Waals surface area contributed by atoms with Crippen molar-refractivity contribution in [2.24, 2.45) is 5.92 Å². The van der Waals surface area contributed by atoms with Crippen LogP contribution in [-0.4, -0.2) is 105 Å². The van der Waals surface area contributed by atoms with Crippen LogP contribution in [-0.2, 0) is 32.2 Å². The number of carboxylic acid groups (broad SMARTS) is 3. The molecule has 0 radical (unpaired) electrons. The normalized spacial score (nSPS) is 20.3. The van der Waals surface area contributed by atoms with Gasteiger partial charge in [0, 0.05) is 57.6 Å². The molecule has 2 saturated heterocycles. The highest BCUT2D eigenvalue weighted by Gasteiger charge is 2.44. The Bertz CT molecular complexity index is 1140. The van der Waals surface area contributed by atoms with Crippen LogP contribution in [0.1, 0.15) is 17.7 Å². The molecule has 0 unspecified atom stereocenters. The number of pyridine rings is 1. The van der Waals surface area contributed by atoms with E-state index in [0.29, 0.717) is 18.1 Å². The number of likely N-dealkylation sites (tertiary alicyclic amines) is 2. The average molecular weight is 669 g/mol. The van der Waals surface area contributed by atoms with Crippen molar-refractivity contribution < 1.29 is 78.4 Å². The van der Waals surface area contributed by atoms with Gasteiger partial charge in [0.25, 0.3) is 0 Å². The molecule has 0 bridgehead atoms. The zero-order valence-electron chi connectivity index (χ0n) is 23.1. The van der Waals surface area contributed by atoms with Gasteiger partial charge in [-0.25, -0.2) is 14.4 Å². The minimum atomic E-state index is -5.08. The van der Waals surface area contributed by atoms with Crippen molar-refractivity contribution in [3.8, 4) is 0 Å². The summed E-state index contributed by atoms with van der Waals surface area (Å²) in [5.74, 6) is -6.66. The molecule has 0 aromatic carbocycles. The maximum atomic E-state index is 10.6. The summed E-state index contributed by atoms with van der Waals surface area (Å²) in [6, 6.07) is 8.75. The summed E-state index contributed by atoms with van der Waals surface area (Å²) in [6.07, 6.45) is -8.21. The van der Waals surface area contributed by atoms with Crippen LogP contribution in [0.5, 0.6) is 0 Å². The van der Waals surface area contributed by atoms with E-state index >= 15 is 0 Å². The largest absolute Gasteiger partial charge is 0.490 e. The molecule has 2 aromatic rings. The van der Waals surface area contributed by atoms with Crippen molar-refractivity contribution in [2.75, 3.05) is 26.7 Å². The third kappa shape index (κ3) is 14.2. The van der Waals surface area contributed by atoms with Gasteiger partial charge in [0.15, 0.2) is 0 Å². The van der Waals surface area contributed by atoms with Crippen LogP contribution in [0.25, 0.3) is 0 Å². The molecule has 20 heteroatoms. The minimum Gasteiger partial charge on any atom is -0.475 e. The quantitative estimate of drug-likeness (QED) is 0.391. The molecule has 2 aromatic heterocycles. The number of hydrogen-bond acceptors (Lipinski definition) is 8. The van der Waals surface area contributed by atoms with Gasteiger partial charge < -0.3 is 24.5 Å². The lowest BCUT2D eigenvalue weighted by molar-refractivity contribution is -0.193. The molecule has 11 nitrogen and oxygen atoms in total. The number of carboxylic acids is 3. The van der Waals surface area contributed by atoms with Gasteiger partial charge in [0.05, 0.1) is 18.9 Å². The molecule has 2 aliphatic rings. The number of fused-ring (bicyclic) bond motifs is 1. The molecule has 45 heavy (non-hydrogen) atoms. The van der Waals surface area contributed by atoms with Crippen LogP contribution in [0, 0.1) is 5.92 Å². The van der Waals surface area contributed by atoms with Crippen LogP contribution in [0.4, 0.5) is 39.5 Å². The van der Waals surface area contributed by atoms with Crippen LogP contribution in [0.15, 0.2) is 47.3 Å². The summed E-state index contributed by atoms with van der Waals surface area (Å²) in [4.78, 5) is 36.1. The average Bonchev–Trinajstić information content (AvgIpc) is 3.59.